The maximum absolute atomic E-state index is 13.0. The van der Waals surface area contributed by atoms with Gasteiger partial charge in [0.1, 0.15) is 11.4 Å². The average Bonchev–Trinajstić information content (AvgIpc) is 2.55. The van der Waals surface area contributed by atoms with Crippen LogP contribution in [0.15, 0.2) is 24.3 Å². The van der Waals surface area contributed by atoms with Crippen molar-refractivity contribution in [3.05, 3.63) is 35.6 Å². The van der Waals surface area contributed by atoms with Crippen LogP contribution in [0.25, 0.3) is 0 Å². The number of rotatable bonds is 5. The second kappa shape index (κ2) is 9.17. The maximum atomic E-state index is 13.0. The van der Waals surface area contributed by atoms with Gasteiger partial charge in [-0.15, -0.1) is 0 Å². The molecule has 0 aromatic heterocycles. The Morgan fingerprint density at radius 2 is 1.81 bits per heavy atom. The van der Waals surface area contributed by atoms with Gasteiger partial charge in [-0.25, -0.2) is 9.18 Å². The highest BCUT2D eigenvalue weighted by Gasteiger charge is 2.24. The Morgan fingerprint density at radius 1 is 1.22 bits per heavy atom. The number of piperidine rings is 1. The van der Waals surface area contributed by atoms with Gasteiger partial charge in [0.25, 0.3) is 0 Å². The normalized spacial score (nSPS) is 17.2. The molecule has 1 fully saturated rings. The second-order valence-electron chi connectivity index (χ2n) is 8.04. The molecule has 0 aliphatic carbocycles. The van der Waals surface area contributed by atoms with Crippen molar-refractivity contribution in [2.75, 3.05) is 19.6 Å². The topological polar surface area (TPSA) is 70.7 Å². The molecule has 2 rings (SSSR count). The van der Waals surface area contributed by atoms with Crippen LogP contribution in [-0.4, -0.2) is 48.2 Å². The van der Waals surface area contributed by atoms with E-state index in [1.54, 1.807) is 12.1 Å². The fourth-order valence-corrected chi connectivity index (χ4v) is 3.03. The lowest BCUT2D eigenvalue weighted by molar-refractivity contribution is -0.123. The molecule has 1 aliphatic heterocycles. The Balaban J connectivity index is 1.71. The lowest BCUT2D eigenvalue weighted by Crippen LogP contribution is -2.48. The third-order valence-electron chi connectivity index (χ3n) is 4.42. The van der Waals surface area contributed by atoms with Crippen molar-refractivity contribution >= 4 is 12.0 Å². The van der Waals surface area contributed by atoms with E-state index in [0.29, 0.717) is 6.54 Å². The van der Waals surface area contributed by atoms with E-state index in [9.17, 15) is 14.0 Å². The molecule has 1 aromatic rings. The Morgan fingerprint density at radius 3 is 2.37 bits per heavy atom. The number of halogens is 1. The smallest absolute Gasteiger partial charge is 0.407 e. The number of likely N-dealkylation sites (tertiary alicyclic amines) is 1. The van der Waals surface area contributed by atoms with Crippen LogP contribution in [0.2, 0.25) is 0 Å². The minimum absolute atomic E-state index is 0.0645. The van der Waals surface area contributed by atoms with Gasteiger partial charge in [0.05, 0.1) is 12.6 Å². The Hall–Kier alpha value is -2.15. The van der Waals surface area contributed by atoms with Gasteiger partial charge in [-0.05, 0) is 58.2 Å². The quantitative estimate of drug-likeness (QED) is 0.825. The molecule has 7 heteroatoms. The Bertz CT molecular complexity index is 635. The van der Waals surface area contributed by atoms with Crippen LogP contribution in [0.4, 0.5) is 9.18 Å². The largest absolute Gasteiger partial charge is 0.444 e. The van der Waals surface area contributed by atoms with Crippen LogP contribution >= 0.6 is 0 Å². The van der Waals surface area contributed by atoms with Gasteiger partial charge in [0.2, 0.25) is 5.91 Å². The van der Waals surface area contributed by atoms with Gasteiger partial charge in [0, 0.05) is 19.1 Å². The zero-order valence-corrected chi connectivity index (χ0v) is 16.5. The van der Waals surface area contributed by atoms with E-state index < -0.39 is 11.7 Å². The number of nitrogens with one attached hydrogen (secondary N) is 2. The molecule has 6 nitrogen and oxygen atoms in total. The maximum Gasteiger partial charge on any atom is 0.407 e. The van der Waals surface area contributed by atoms with Crippen molar-refractivity contribution in [1.82, 2.24) is 15.5 Å². The van der Waals surface area contributed by atoms with Gasteiger partial charge in [-0.2, -0.15) is 0 Å². The molecule has 2 amide bonds. The summed E-state index contributed by atoms with van der Waals surface area (Å²) in [6.45, 7) is 9.16. The van der Waals surface area contributed by atoms with E-state index in [1.807, 2.05) is 27.7 Å². The van der Waals surface area contributed by atoms with Crippen molar-refractivity contribution in [2.45, 2.75) is 58.2 Å². The van der Waals surface area contributed by atoms with Gasteiger partial charge in [-0.3, -0.25) is 9.69 Å². The summed E-state index contributed by atoms with van der Waals surface area (Å²) in [5.74, 6) is -0.356. The number of hydrogen-bond acceptors (Lipinski definition) is 4. The summed E-state index contributed by atoms with van der Waals surface area (Å²) in [6.07, 6.45) is 1.16. The number of ether oxygens (including phenoxy) is 1. The van der Waals surface area contributed by atoms with E-state index in [2.05, 4.69) is 15.5 Å². The molecule has 1 saturated heterocycles. The van der Waals surface area contributed by atoms with E-state index >= 15 is 0 Å². The number of nitrogens with zero attached hydrogens (tertiary/aromatic N) is 1. The van der Waals surface area contributed by atoms with E-state index in [0.717, 1.165) is 31.5 Å². The first-order chi connectivity index (χ1) is 12.6. The van der Waals surface area contributed by atoms with E-state index in [4.69, 9.17) is 4.74 Å². The first-order valence-electron chi connectivity index (χ1n) is 9.39. The first kappa shape index (κ1) is 21.2. The van der Waals surface area contributed by atoms with Crippen LogP contribution in [-0.2, 0) is 9.53 Å². The fraction of sp³-hybridized carbons (Fsp3) is 0.600. The van der Waals surface area contributed by atoms with Crippen LogP contribution in [0, 0.1) is 5.82 Å². The molecular weight excluding hydrogens is 349 g/mol. The molecule has 0 radical (unpaired) electrons. The van der Waals surface area contributed by atoms with Gasteiger partial charge >= 0.3 is 6.09 Å². The number of hydrogen-bond donors (Lipinski definition) is 2. The summed E-state index contributed by atoms with van der Waals surface area (Å²) in [5.41, 5.74) is 0.356. The fourth-order valence-electron chi connectivity index (χ4n) is 3.03. The first-order valence-corrected chi connectivity index (χ1v) is 9.39. The zero-order chi connectivity index (χ0) is 20.0. The highest BCUT2D eigenvalue weighted by Crippen LogP contribution is 2.14. The summed E-state index contributed by atoms with van der Waals surface area (Å²) in [4.78, 5) is 26.2. The van der Waals surface area contributed by atoms with Crippen LogP contribution in [0.3, 0.4) is 0 Å². The van der Waals surface area contributed by atoms with Crippen molar-refractivity contribution in [1.29, 1.82) is 0 Å². The highest BCUT2D eigenvalue weighted by molar-refractivity contribution is 5.78. The molecule has 0 spiro atoms. The molecule has 1 aliphatic rings. The summed E-state index contributed by atoms with van der Waals surface area (Å²) >= 11 is 0. The van der Waals surface area contributed by atoms with Crippen LogP contribution in [0.5, 0.6) is 0 Å². The van der Waals surface area contributed by atoms with Crippen LogP contribution in [0.1, 0.15) is 52.1 Å². The van der Waals surface area contributed by atoms with Crippen molar-refractivity contribution in [3.8, 4) is 0 Å². The van der Waals surface area contributed by atoms with Crippen molar-refractivity contribution in [3.63, 3.8) is 0 Å². The molecule has 2 N–H and O–H groups in total. The molecular formula is C20H30FN3O3. The predicted molar refractivity (Wildman–Crippen MR) is 102 cm³/mol. The zero-order valence-electron chi connectivity index (χ0n) is 16.5. The summed E-state index contributed by atoms with van der Waals surface area (Å²) in [6, 6.07) is 6.02. The monoisotopic (exact) mass is 379 g/mol. The number of alkyl carbamates (subject to hydrolysis) is 1. The van der Waals surface area contributed by atoms with E-state index in [1.165, 1.54) is 12.1 Å². The minimum Gasteiger partial charge on any atom is -0.444 e. The molecule has 0 bridgehead atoms. The minimum atomic E-state index is -0.510. The summed E-state index contributed by atoms with van der Waals surface area (Å²) in [7, 11) is 0. The number of amides is 2. The van der Waals surface area contributed by atoms with Gasteiger partial charge < -0.3 is 15.4 Å². The Labute approximate surface area is 160 Å². The Kier molecular flexibility index (Phi) is 7.18. The summed E-state index contributed by atoms with van der Waals surface area (Å²) in [5, 5.41) is 5.83. The molecule has 1 aromatic carbocycles. The standard InChI is InChI=1S/C20H30FN3O3/c1-14(15-5-7-16(21)8-6-15)22-18(25)13-24-11-9-17(10-12-24)23-19(26)27-20(2,3)4/h5-8,14,17H,9-13H2,1-4H3,(H,22,25)(H,23,26). The predicted octanol–water partition coefficient (Wildman–Crippen LogP) is 2.99. The molecule has 27 heavy (non-hydrogen) atoms. The second-order valence-corrected chi connectivity index (χ2v) is 8.04. The highest BCUT2D eigenvalue weighted by atomic mass is 19.1. The number of benzene rings is 1. The lowest BCUT2D eigenvalue weighted by atomic mass is 10.1. The van der Waals surface area contributed by atoms with Gasteiger partial charge in [-0.1, -0.05) is 12.1 Å². The SMILES string of the molecule is CC(NC(=O)CN1CCC(NC(=O)OC(C)(C)C)CC1)c1ccc(F)cc1. The van der Waals surface area contributed by atoms with Crippen LogP contribution < -0.4 is 10.6 Å². The third kappa shape index (κ3) is 7.54. The van der Waals surface area contributed by atoms with E-state index in [-0.39, 0.29) is 23.8 Å². The molecule has 1 unspecified atom stereocenters. The van der Waals surface area contributed by atoms with Crippen molar-refractivity contribution < 1.29 is 18.7 Å². The number of carbonyl (C=O) groups is 2. The lowest BCUT2D eigenvalue weighted by Gasteiger charge is -2.32. The van der Waals surface area contributed by atoms with Crippen molar-refractivity contribution in [2.24, 2.45) is 0 Å². The van der Waals surface area contributed by atoms with Gasteiger partial charge in [0.15, 0.2) is 0 Å². The summed E-state index contributed by atoms with van der Waals surface area (Å²) < 4.78 is 18.3. The molecule has 0 saturated carbocycles. The molecule has 1 atom stereocenters. The molecule has 1 heterocycles. The number of carbonyl (C=O) groups excluding carboxylic acids is 2. The average molecular weight is 379 g/mol. The third-order valence-corrected chi connectivity index (χ3v) is 4.42. The molecule has 150 valence electrons.